The van der Waals surface area contributed by atoms with Crippen LogP contribution in [0.25, 0.3) is 0 Å². The average Bonchev–Trinajstić information content (AvgIpc) is 2.51. The van der Waals surface area contributed by atoms with Gasteiger partial charge in [-0.25, -0.2) is 4.79 Å². The number of ether oxygens (including phenoxy) is 1. The molecule has 132 valence electrons. The molecule has 0 aliphatic carbocycles. The Kier molecular flexibility index (Phi) is 6.01. The first-order valence-corrected chi connectivity index (χ1v) is 8.75. The van der Waals surface area contributed by atoms with E-state index in [9.17, 15) is 14.7 Å². The Balaban J connectivity index is 2.16. The van der Waals surface area contributed by atoms with Gasteiger partial charge < -0.3 is 9.84 Å². The van der Waals surface area contributed by atoms with E-state index in [0.29, 0.717) is 12.0 Å². The molecule has 1 N–H and O–H groups in total. The van der Waals surface area contributed by atoms with E-state index in [0.717, 1.165) is 15.6 Å². The molecule has 0 spiro atoms. The topological polar surface area (TPSA) is 63.6 Å². The summed E-state index contributed by atoms with van der Waals surface area (Å²) in [4.78, 5) is 23.7. The largest absolute Gasteiger partial charge is 0.481 e. The molecule has 0 saturated heterocycles. The highest BCUT2D eigenvalue weighted by Crippen LogP contribution is 2.24. The summed E-state index contributed by atoms with van der Waals surface area (Å²) in [5, 5.41) is 9.56. The third-order valence-corrected chi connectivity index (χ3v) is 4.07. The molecule has 0 unspecified atom stereocenters. The summed E-state index contributed by atoms with van der Waals surface area (Å²) in [6.45, 7) is 5.44. The van der Waals surface area contributed by atoms with E-state index in [1.54, 1.807) is 30.3 Å². The molecule has 0 saturated carbocycles. The van der Waals surface area contributed by atoms with Gasteiger partial charge in [-0.1, -0.05) is 40.2 Å². The zero-order valence-electron chi connectivity index (χ0n) is 14.5. The SMILES string of the molecule is CC(C)(C)OC(=O)c1ccc(C[C@@H](C(=O)O)c2cccc(Br)c2)cc1. The van der Waals surface area contributed by atoms with Crippen LogP contribution in [0.3, 0.4) is 0 Å². The van der Waals surface area contributed by atoms with Gasteiger partial charge in [-0.15, -0.1) is 0 Å². The number of benzene rings is 2. The Labute approximate surface area is 156 Å². The van der Waals surface area contributed by atoms with Gasteiger partial charge in [-0.3, -0.25) is 4.79 Å². The molecule has 2 aromatic carbocycles. The van der Waals surface area contributed by atoms with Gasteiger partial charge in [-0.05, 0) is 62.6 Å². The highest BCUT2D eigenvalue weighted by atomic mass is 79.9. The van der Waals surface area contributed by atoms with E-state index in [1.807, 2.05) is 39.0 Å². The van der Waals surface area contributed by atoms with Crippen molar-refractivity contribution >= 4 is 27.9 Å². The number of halogens is 1. The number of carboxylic acids is 1. The van der Waals surface area contributed by atoms with Gasteiger partial charge in [-0.2, -0.15) is 0 Å². The first-order valence-electron chi connectivity index (χ1n) is 7.96. The molecule has 0 bridgehead atoms. The van der Waals surface area contributed by atoms with Crippen LogP contribution in [0.4, 0.5) is 0 Å². The van der Waals surface area contributed by atoms with Crippen LogP contribution in [0.1, 0.15) is 48.2 Å². The van der Waals surface area contributed by atoms with E-state index in [-0.39, 0.29) is 5.97 Å². The lowest BCUT2D eigenvalue weighted by Gasteiger charge is -2.19. The van der Waals surface area contributed by atoms with Crippen LogP contribution >= 0.6 is 15.9 Å². The van der Waals surface area contributed by atoms with Gasteiger partial charge in [0.25, 0.3) is 0 Å². The number of carbonyl (C=O) groups is 2. The van der Waals surface area contributed by atoms with Crippen molar-refractivity contribution < 1.29 is 19.4 Å². The first kappa shape index (κ1) is 19.2. The molecule has 0 heterocycles. The minimum atomic E-state index is -0.880. The Morgan fingerprint density at radius 3 is 2.28 bits per heavy atom. The summed E-state index contributed by atoms with van der Waals surface area (Å²) < 4.78 is 6.17. The van der Waals surface area contributed by atoms with Crippen molar-refractivity contribution in [2.75, 3.05) is 0 Å². The zero-order chi connectivity index (χ0) is 18.6. The molecule has 0 amide bonds. The predicted molar refractivity (Wildman–Crippen MR) is 99.8 cm³/mol. The number of hydrogen-bond donors (Lipinski definition) is 1. The summed E-state index contributed by atoms with van der Waals surface area (Å²) in [5.41, 5.74) is 1.48. The minimum absolute atomic E-state index is 0.348. The number of hydrogen-bond acceptors (Lipinski definition) is 3. The Morgan fingerprint density at radius 1 is 1.12 bits per heavy atom. The Hall–Kier alpha value is -2.14. The third-order valence-electron chi connectivity index (χ3n) is 3.58. The molecule has 0 radical (unpaired) electrons. The smallest absolute Gasteiger partial charge is 0.338 e. The van der Waals surface area contributed by atoms with Gasteiger partial charge in [0, 0.05) is 4.47 Å². The quantitative estimate of drug-likeness (QED) is 0.725. The molecule has 5 heteroatoms. The summed E-state index contributed by atoms with van der Waals surface area (Å²) in [5.74, 6) is -1.92. The van der Waals surface area contributed by atoms with Gasteiger partial charge in [0.15, 0.2) is 0 Å². The van der Waals surface area contributed by atoms with E-state index < -0.39 is 17.5 Å². The number of rotatable bonds is 5. The van der Waals surface area contributed by atoms with E-state index in [2.05, 4.69) is 15.9 Å². The van der Waals surface area contributed by atoms with Crippen molar-refractivity contribution in [3.05, 3.63) is 69.7 Å². The van der Waals surface area contributed by atoms with Crippen molar-refractivity contribution in [3.8, 4) is 0 Å². The lowest BCUT2D eigenvalue weighted by atomic mass is 9.92. The standard InChI is InChI=1S/C20H21BrO4/c1-20(2,3)25-19(24)14-9-7-13(8-10-14)11-17(18(22)23)15-5-4-6-16(21)12-15/h4-10,12,17H,11H2,1-3H3,(H,22,23)/t17-/m1/s1. The zero-order valence-corrected chi connectivity index (χ0v) is 16.0. The number of carbonyl (C=O) groups excluding carboxylic acids is 1. The van der Waals surface area contributed by atoms with Crippen LogP contribution < -0.4 is 0 Å². The fraction of sp³-hybridized carbons (Fsp3) is 0.300. The second-order valence-electron chi connectivity index (χ2n) is 6.85. The van der Waals surface area contributed by atoms with Crippen LogP contribution in [0.5, 0.6) is 0 Å². The molecule has 1 atom stereocenters. The molecule has 2 rings (SSSR count). The molecule has 2 aromatic rings. The first-order chi connectivity index (χ1) is 11.7. The predicted octanol–water partition coefficient (Wildman–Crippen LogP) is 4.82. The molecule has 0 fully saturated rings. The summed E-state index contributed by atoms with van der Waals surface area (Å²) in [7, 11) is 0. The number of aliphatic carboxylic acids is 1. The monoisotopic (exact) mass is 404 g/mol. The van der Waals surface area contributed by atoms with Crippen LogP contribution in [-0.2, 0) is 16.0 Å². The molecule has 0 aliphatic rings. The normalized spacial score (nSPS) is 12.5. The molecule has 25 heavy (non-hydrogen) atoms. The Bertz CT molecular complexity index is 760. The molecule has 4 nitrogen and oxygen atoms in total. The highest BCUT2D eigenvalue weighted by molar-refractivity contribution is 9.10. The summed E-state index contributed by atoms with van der Waals surface area (Å²) in [6, 6.07) is 14.2. The number of esters is 1. The van der Waals surface area contributed by atoms with Crippen LogP contribution in [-0.4, -0.2) is 22.6 Å². The Morgan fingerprint density at radius 2 is 1.76 bits per heavy atom. The van der Waals surface area contributed by atoms with Crippen molar-refractivity contribution in [2.45, 2.75) is 38.7 Å². The van der Waals surface area contributed by atoms with E-state index in [1.165, 1.54) is 0 Å². The molecular formula is C20H21BrO4. The van der Waals surface area contributed by atoms with Crippen LogP contribution in [0.15, 0.2) is 53.0 Å². The van der Waals surface area contributed by atoms with E-state index >= 15 is 0 Å². The van der Waals surface area contributed by atoms with Crippen LogP contribution in [0.2, 0.25) is 0 Å². The fourth-order valence-electron chi connectivity index (χ4n) is 2.42. The van der Waals surface area contributed by atoms with E-state index in [4.69, 9.17) is 4.74 Å². The maximum Gasteiger partial charge on any atom is 0.338 e. The van der Waals surface area contributed by atoms with Crippen molar-refractivity contribution in [1.29, 1.82) is 0 Å². The van der Waals surface area contributed by atoms with Crippen molar-refractivity contribution in [3.63, 3.8) is 0 Å². The minimum Gasteiger partial charge on any atom is -0.481 e. The van der Waals surface area contributed by atoms with Gasteiger partial charge in [0.05, 0.1) is 11.5 Å². The van der Waals surface area contributed by atoms with Crippen LogP contribution in [0, 0.1) is 0 Å². The van der Waals surface area contributed by atoms with Crippen molar-refractivity contribution in [1.82, 2.24) is 0 Å². The maximum atomic E-state index is 12.0. The summed E-state index contributed by atoms with van der Waals surface area (Å²) >= 11 is 3.37. The second kappa shape index (κ2) is 7.83. The number of carboxylic acid groups (broad SMARTS) is 1. The maximum absolute atomic E-state index is 12.0. The third kappa shape index (κ3) is 5.71. The molecular weight excluding hydrogens is 384 g/mol. The van der Waals surface area contributed by atoms with Crippen molar-refractivity contribution in [2.24, 2.45) is 0 Å². The molecule has 0 aromatic heterocycles. The molecule has 0 aliphatic heterocycles. The summed E-state index contributed by atoms with van der Waals surface area (Å²) in [6.07, 6.45) is 0.348. The highest BCUT2D eigenvalue weighted by Gasteiger charge is 2.21. The second-order valence-corrected chi connectivity index (χ2v) is 7.76. The lowest BCUT2D eigenvalue weighted by Crippen LogP contribution is -2.23. The van der Waals surface area contributed by atoms with Gasteiger partial charge >= 0.3 is 11.9 Å². The van der Waals surface area contributed by atoms with Gasteiger partial charge in [0.1, 0.15) is 5.60 Å². The fourth-order valence-corrected chi connectivity index (χ4v) is 2.84. The average molecular weight is 405 g/mol. The van der Waals surface area contributed by atoms with Gasteiger partial charge in [0.2, 0.25) is 0 Å². The lowest BCUT2D eigenvalue weighted by molar-refractivity contribution is -0.138.